The maximum absolute atomic E-state index is 14.2. The van der Waals surface area contributed by atoms with Gasteiger partial charge in [-0.3, -0.25) is 14.4 Å². The number of amides is 3. The molecule has 0 aromatic heterocycles. The molecule has 0 bridgehead atoms. The normalized spacial score (nSPS) is 31.7. The minimum absolute atomic E-state index is 0.00887. The molecular formula is C31H33N3O5. The summed E-state index contributed by atoms with van der Waals surface area (Å²) in [6.07, 6.45) is 7.53. The number of hydrogen-bond donors (Lipinski definition) is 1. The highest BCUT2D eigenvalue weighted by atomic mass is 16.5. The van der Waals surface area contributed by atoms with E-state index < -0.39 is 29.1 Å². The molecule has 4 aliphatic rings. The largest absolute Gasteiger partial charge is 0.395 e. The van der Waals surface area contributed by atoms with Crippen molar-refractivity contribution in [2.24, 2.45) is 11.8 Å². The van der Waals surface area contributed by atoms with E-state index >= 15 is 0 Å². The third-order valence-electron chi connectivity index (χ3n) is 8.50. The summed E-state index contributed by atoms with van der Waals surface area (Å²) in [6, 6.07) is 18.5. The Morgan fingerprint density at radius 3 is 1.95 bits per heavy atom. The first-order chi connectivity index (χ1) is 18.9. The molecule has 4 heterocycles. The van der Waals surface area contributed by atoms with Crippen LogP contribution < -0.4 is 0 Å². The summed E-state index contributed by atoms with van der Waals surface area (Å²) in [6.45, 7) is 3.09. The predicted octanol–water partition coefficient (Wildman–Crippen LogP) is 2.15. The van der Waals surface area contributed by atoms with Crippen LogP contribution in [0.2, 0.25) is 0 Å². The zero-order valence-corrected chi connectivity index (χ0v) is 22.0. The monoisotopic (exact) mass is 527 g/mol. The van der Waals surface area contributed by atoms with Crippen LogP contribution in [0.15, 0.2) is 85.0 Å². The van der Waals surface area contributed by atoms with Gasteiger partial charge < -0.3 is 24.5 Å². The molecule has 8 heteroatoms. The summed E-state index contributed by atoms with van der Waals surface area (Å²) in [4.78, 5) is 47.4. The Morgan fingerprint density at radius 1 is 0.795 bits per heavy atom. The number of aliphatic hydroxyl groups excluding tert-OH is 1. The van der Waals surface area contributed by atoms with Gasteiger partial charge in [-0.1, -0.05) is 85.0 Å². The zero-order chi connectivity index (χ0) is 27.2. The molecule has 1 unspecified atom stereocenters. The van der Waals surface area contributed by atoms with Crippen LogP contribution in [0.4, 0.5) is 0 Å². The lowest BCUT2D eigenvalue weighted by Gasteiger charge is -2.37. The van der Waals surface area contributed by atoms with Crippen LogP contribution in [-0.2, 0) is 32.2 Å². The van der Waals surface area contributed by atoms with Gasteiger partial charge >= 0.3 is 0 Å². The van der Waals surface area contributed by atoms with Gasteiger partial charge in [0.05, 0.1) is 24.0 Å². The van der Waals surface area contributed by atoms with Crippen LogP contribution in [-0.4, -0.2) is 81.0 Å². The van der Waals surface area contributed by atoms with E-state index in [1.165, 1.54) is 4.90 Å². The molecule has 202 valence electrons. The summed E-state index contributed by atoms with van der Waals surface area (Å²) < 4.78 is 6.80. The summed E-state index contributed by atoms with van der Waals surface area (Å²) in [5.74, 6) is -2.44. The summed E-state index contributed by atoms with van der Waals surface area (Å²) in [5, 5.41) is 9.88. The second kappa shape index (κ2) is 9.77. The Hall–Kier alpha value is -3.75. The number of nitrogens with zero attached hydrogens (tertiary/aromatic N) is 3. The SMILES string of the molecule is C[C@]12C=CCN(Cc3ccccc3)C(=O)[C@H]1[C@H]1C(=O)N(CCO)C3C(=O)N(Cc4ccccc4)CC=C[C@@]31O2. The number of β-amino-alcohol motifs (C(OH)–C–C–N with tert-alkyl or cyclic N) is 1. The van der Waals surface area contributed by atoms with Gasteiger partial charge in [-0.05, 0) is 18.1 Å². The van der Waals surface area contributed by atoms with Crippen molar-refractivity contribution in [2.45, 2.75) is 37.3 Å². The van der Waals surface area contributed by atoms with Crippen molar-refractivity contribution < 1.29 is 24.2 Å². The van der Waals surface area contributed by atoms with E-state index in [9.17, 15) is 19.5 Å². The Morgan fingerprint density at radius 2 is 1.36 bits per heavy atom. The first-order valence-corrected chi connectivity index (χ1v) is 13.5. The standard InChI is InChI=1S/C31H33N3O5/c1-30-14-8-16-32(20-22-10-4-2-5-11-22)27(36)24(30)25-28(37)34(18-19-35)26-29(38)33(17-9-15-31(25,26)39-30)21-23-12-6-3-7-13-23/h2-15,24-26,35H,16-21H2,1H3/t24-,25+,26?,30+,31+/m1/s1. The van der Waals surface area contributed by atoms with Gasteiger partial charge in [0.1, 0.15) is 11.6 Å². The fourth-order valence-electron chi connectivity index (χ4n) is 6.86. The Kier molecular flexibility index (Phi) is 6.40. The van der Waals surface area contributed by atoms with Crippen molar-refractivity contribution in [1.82, 2.24) is 14.7 Å². The van der Waals surface area contributed by atoms with Crippen molar-refractivity contribution in [2.75, 3.05) is 26.2 Å². The van der Waals surface area contributed by atoms with Crippen LogP contribution in [0.3, 0.4) is 0 Å². The lowest BCUT2D eigenvalue weighted by atomic mass is 9.74. The first-order valence-electron chi connectivity index (χ1n) is 13.5. The molecule has 0 radical (unpaired) electrons. The number of benzene rings is 2. The molecule has 8 nitrogen and oxygen atoms in total. The molecule has 2 aromatic carbocycles. The second-order valence-electron chi connectivity index (χ2n) is 11.0. The summed E-state index contributed by atoms with van der Waals surface area (Å²) in [5.41, 5.74) is -0.408. The molecule has 2 fully saturated rings. The van der Waals surface area contributed by atoms with Crippen molar-refractivity contribution in [3.05, 3.63) is 96.1 Å². The number of ether oxygens (including phenoxy) is 1. The van der Waals surface area contributed by atoms with Crippen LogP contribution in [0.5, 0.6) is 0 Å². The highest BCUT2D eigenvalue weighted by molar-refractivity contribution is 6.00. The fraction of sp³-hybridized carbons (Fsp3) is 0.387. The van der Waals surface area contributed by atoms with E-state index in [0.717, 1.165) is 11.1 Å². The number of hydrogen-bond acceptors (Lipinski definition) is 5. The maximum atomic E-state index is 14.2. The Labute approximate surface area is 228 Å². The molecular weight excluding hydrogens is 494 g/mol. The first kappa shape index (κ1) is 25.5. The van der Waals surface area contributed by atoms with E-state index in [1.807, 2.05) is 91.9 Å². The molecule has 4 aliphatic heterocycles. The zero-order valence-electron chi connectivity index (χ0n) is 22.0. The third-order valence-corrected chi connectivity index (χ3v) is 8.50. The molecule has 5 atom stereocenters. The number of rotatable bonds is 6. The Bertz CT molecular complexity index is 1330. The van der Waals surface area contributed by atoms with E-state index in [1.54, 1.807) is 9.80 Å². The lowest BCUT2D eigenvalue weighted by molar-refractivity contribution is -0.153. The predicted molar refractivity (Wildman–Crippen MR) is 144 cm³/mol. The lowest BCUT2D eigenvalue weighted by Crippen LogP contribution is -2.56. The number of fused-ring (bicyclic) bond motifs is 2. The van der Waals surface area contributed by atoms with Crippen molar-refractivity contribution in [3.8, 4) is 0 Å². The van der Waals surface area contributed by atoms with Crippen LogP contribution in [0, 0.1) is 11.8 Å². The van der Waals surface area contributed by atoms with Crippen molar-refractivity contribution >= 4 is 17.7 Å². The Balaban J connectivity index is 1.39. The highest BCUT2D eigenvalue weighted by Crippen LogP contribution is 2.57. The molecule has 1 N–H and O–H groups in total. The average molecular weight is 528 g/mol. The van der Waals surface area contributed by atoms with Gasteiger partial charge in [-0.2, -0.15) is 0 Å². The summed E-state index contributed by atoms with van der Waals surface area (Å²) >= 11 is 0. The number of likely N-dealkylation sites (tertiary alicyclic amines) is 1. The highest BCUT2D eigenvalue weighted by Gasteiger charge is 2.74. The number of carbonyl (C=O) groups is 3. The number of carbonyl (C=O) groups excluding carboxylic acids is 3. The maximum Gasteiger partial charge on any atom is 0.249 e. The molecule has 1 spiro atoms. The molecule has 2 saturated heterocycles. The van der Waals surface area contributed by atoms with E-state index in [2.05, 4.69) is 0 Å². The van der Waals surface area contributed by atoms with E-state index in [-0.39, 0.29) is 30.9 Å². The van der Waals surface area contributed by atoms with Gasteiger partial charge in [0.15, 0.2) is 0 Å². The topological polar surface area (TPSA) is 90.4 Å². The molecule has 6 rings (SSSR count). The van der Waals surface area contributed by atoms with E-state index in [4.69, 9.17) is 4.74 Å². The minimum Gasteiger partial charge on any atom is -0.395 e. The smallest absolute Gasteiger partial charge is 0.249 e. The average Bonchev–Trinajstić information content (AvgIpc) is 3.20. The fourth-order valence-corrected chi connectivity index (χ4v) is 6.86. The van der Waals surface area contributed by atoms with E-state index in [0.29, 0.717) is 26.2 Å². The van der Waals surface area contributed by atoms with Crippen LogP contribution in [0.1, 0.15) is 18.1 Å². The van der Waals surface area contributed by atoms with Crippen LogP contribution >= 0.6 is 0 Å². The van der Waals surface area contributed by atoms with Crippen molar-refractivity contribution in [1.29, 1.82) is 0 Å². The van der Waals surface area contributed by atoms with Gasteiger partial charge in [-0.15, -0.1) is 0 Å². The molecule has 2 aromatic rings. The van der Waals surface area contributed by atoms with Gasteiger partial charge in [0.25, 0.3) is 0 Å². The molecule has 0 saturated carbocycles. The van der Waals surface area contributed by atoms with Crippen molar-refractivity contribution in [3.63, 3.8) is 0 Å². The minimum atomic E-state index is -1.32. The van der Waals surface area contributed by atoms with Gasteiger partial charge in [0, 0.05) is 32.7 Å². The second-order valence-corrected chi connectivity index (χ2v) is 11.0. The van der Waals surface area contributed by atoms with Gasteiger partial charge in [0.2, 0.25) is 17.7 Å². The quantitative estimate of drug-likeness (QED) is 0.582. The molecule has 39 heavy (non-hydrogen) atoms. The number of aliphatic hydroxyl groups is 1. The third kappa shape index (κ3) is 4.10. The molecule has 0 aliphatic carbocycles. The van der Waals surface area contributed by atoms with Crippen LogP contribution in [0.25, 0.3) is 0 Å². The summed E-state index contributed by atoms with van der Waals surface area (Å²) in [7, 11) is 0. The van der Waals surface area contributed by atoms with Gasteiger partial charge in [-0.25, -0.2) is 0 Å². The molecule has 3 amide bonds.